The molecule has 1 unspecified atom stereocenters. The van der Waals surface area contributed by atoms with E-state index in [0.717, 1.165) is 24.2 Å². The van der Waals surface area contributed by atoms with Crippen LogP contribution in [0.5, 0.6) is 5.75 Å². The topological polar surface area (TPSA) is 22.1 Å². The zero-order chi connectivity index (χ0) is 21.4. The van der Waals surface area contributed by atoms with Gasteiger partial charge in [0.25, 0.3) is 0 Å². The molecule has 0 fully saturated rings. The van der Waals surface area contributed by atoms with Crippen LogP contribution in [0.15, 0.2) is 31.0 Å². The third-order valence-electron chi connectivity index (χ3n) is 5.91. The van der Waals surface area contributed by atoms with Gasteiger partial charge in [0.05, 0.1) is 12.8 Å². The summed E-state index contributed by atoms with van der Waals surface area (Å²) in [5.41, 5.74) is 7.85. The van der Waals surface area contributed by atoms with Gasteiger partial charge in [0.1, 0.15) is 5.75 Å². The number of hydrogen-bond donors (Lipinski definition) is 0. The summed E-state index contributed by atoms with van der Waals surface area (Å²) in [5, 5.41) is 0. The Morgan fingerprint density at radius 2 is 1.76 bits per heavy atom. The minimum Gasteiger partial charge on any atom is -0.496 e. The van der Waals surface area contributed by atoms with Crippen molar-refractivity contribution < 1.29 is 4.74 Å². The second-order valence-corrected chi connectivity index (χ2v) is 7.87. The Bertz CT molecular complexity index is 802. The molecule has 0 saturated heterocycles. The van der Waals surface area contributed by atoms with E-state index in [1.54, 1.807) is 7.11 Å². The van der Waals surface area contributed by atoms with Gasteiger partial charge in [-0.3, -0.25) is 4.98 Å². The van der Waals surface area contributed by atoms with Gasteiger partial charge in [-0.05, 0) is 72.9 Å². The Morgan fingerprint density at radius 3 is 2.34 bits per heavy atom. The van der Waals surface area contributed by atoms with Crippen molar-refractivity contribution in [3.05, 3.63) is 64.5 Å². The molecule has 0 amide bonds. The van der Waals surface area contributed by atoms with Gasteiger partial charge in [-0.15, -0.1) is 0 Å². The first-order chi connectivity index (χ1) is 14.1. The van der Waals surface area contributed by atoms with Crippen molar-refractivity contribution >= 4 is 6.08 Å². The van der Waals surface area contributed by atoms with E-state index in [0.29, 0.717) is 11.8 Å². The Balaban J connectivity index is 0.00000145. The van der Waals surface area contributed by atoms with Crippen LogP contribution in [0.25, 0.3) is 6.08 Å². The number of rotatable bonds is 7. The number of methoxy groups -OCH3 is 1. The second kappa shape index (κ2) is 11.2. The van der Waals surface area contributed by atoms with Gasteiger partial charge in [-0.1, -0.05) is 59.3 Å². The summed E-state index contributed by atoms with van der Waals surface area (Å²) in [7, 11) is 1.81. The third kappa shape index (κ3) is 5.10. The molecule has 1 heterocycles. The quantitative estimate of drug-likeness (QED) is 0.485. The van der Waals surface area contributed by atoms with Crippen LogP contribution < -0.4 is 4.74 Å². The van der Waals surface area contributed by atoms with Crippen LogP contribution in [-0.4, -0.2) is 12.1 Å². The predicted molar refractivity (Wildman–Crippen MR) is 126 cm³/mol. The number of aromatic nitrogens is 1. The van der Waals surface area contributed by atoms with Crippen molar-refractivity contribution in [2.24, 2.45) is 5.92 Å². The lowest BCUT2D eigenvalue weighted by Crippen LogP contribution is -2.18. The molecule has 1 aliphatic carbocycles. The summed E-state index contributed by atoms with van der Waals surface area (Å²) in [6.07, 6.45) is 10.8. The number of fused-ring (bicyclic) bond motifs is 2. The largest absolute Gasteiger partial charge is 0.496 e. The maximum atomic E-state index is 5.90. The van der Waals surface area contributed by atoms with Crippen molar-refractivity contribution in [2.45, 2.75) is 79.1 Å². The van der Waals surface area contributed by atoms with Crippen molar-refractivity contribution in [2.75, 3.05) is 7.11 Å². The van der Waals surface area contributed by atoms with Gasteiger partial charge >= 0.3 is 0 Å². The lowest BCUT2D eigenvalue weighted by molar-refractivity contribution is 0.366. The maximum absolute atomic E-state index is 5.90. The summed E-state index contributed by atoms with van der Waals surface area (Å²) in [6, 6.07) is 6.85. The number of benzene rings is 1. The minimum absolute atomic E-state index is 0.312. The van der Waals surface area contributed by atoms with E-state index >= 15 is 0 Å². The second-order valence-electron chi connectivity index (χ2n) is 7.87. The highest BCUT2D eigenvalue weighted by Gasteiger charge is 2.33. The number of pyridine rings is 1. The maximum Gasteiger partial charge on any atom is 0.123 e. The van der Waals surface area contributed by atoms with Gasteiger partial charge < -0.3 is 4.74 Å². The molecular formula is C27H39NO. The van der Waals surface area contributed by atoms with E-state index in [4.69, 9.17) is 9.72 Å². The highest BCUT2D eigenvalue weighted by molar-refractivity contribution is 5.54. The average Bonchev–Trinajstić information content (AvgIpc) is 2.90. The molecule has 1 aromatic heterocycles. The lowest BCUT2D eigenvalue weighted by atomic mass is 9.76. The van der Waals surface area contributed by atoms with Crippen LogP contribution in [0.4, 0.5) is 0 Å². The first kappa shape index (κ1) is 23.2. The van der Waals surface area contributed by atoms with E-state index in [2.05, 4.69) is 45.5 Å². The molecule has 0 bridgehead atoms. The Hall–Kier alpha value is -2.09. The Labute approximate surface area is 178 Å². The normalized spacial score (nSPS) is 14.9. The van der Waals surface area contributed by atoms with Crippen molar-refractivity contribution in [3.63, 3.8) is 0 Å². The number of ether oxygens (including phenoxy) is 1. The fourth-order valence-electron chi connectivity index (χ4n) is 4.78. The van der Waals surface area contributed by atoms with Crippen LogP contribution in [0.3, 0.4) is 0 Å². The van der Waals surface area contributed by atoms with E-state index in [1.165, 1.54) is 53.6 Å². The molecule has 2 nitrogen and oxygen atoms in total. The van der Waals surface area contributed by atoms with Crippen molar-refractivity contribution in [3.8, 4) is 5.75 Å². The third-order valence-corrected chi connectivity index (χ3v) is 5.91. The Morgan fingerprint density at radius 1 is 1.10 bits per heavy atom. The summed E-state index contributed by atoms with van der Waals surface area (Å²) in [4.78, 5) is 4.99. The zero-order valence-corrected chi connectivity index (χ0v) is 19.3. The zero-order valence-electron chi connectivity index (χ0n) is 19.3. The van der Waals surface area contributed by atoms with Crippen LogP contribution in [0, 0.1) is 12.8 Å². The van der Waals surface area contributed by atoms with Crippen molar-refractivity contribution in [1.82, 2.24) is 4.98 Å². The average molecular weight is 394 g/mol. The summed E-state index contributed by atoms with van der Waals surface area (Å²) in [6.45, 7) is 14.7. The fraction of sp³-hybridized carbons (Fsp3) is 0.519. The molecule has 29 heavy (non-hydrogen) atoms. The molecule has 158 valence electrons. The minimum atomic E-state index is 0.312. The smallest absolute Gasteiger partial charge is 0.123 e. The van der Waals surface area contributed by atoms with E-state index < -0.39 is 0 Å². The SMILES string of the molecule is C=Cc1cnc2c(c1)CCc1cc(C)cc(OC)c1C2C(CCC)CCC.CC. The van der Waals surface area contributed by atoms with Gasteiger partial charge in [0.15, 0.2) is 0 Å². The molecule has 2 aromatic rings. The molecule has 0 N–H and O–H groups in total. The molecule has 0 aliphatic heterocycles. The fourth-order valence-corrected chi connectivity index (χ4v) is 4.78. The summed E-state index contributed by atoms with van der Waals surface area (Å²) in [5.74, 6) is 1.94. The molecular weight excluding hydrogens is 354 g/mol. The van der Waals surface area contributed by atoms with Gasteiger partial charge in [0, 0.05) is 17.7 Å². The molecule has 0 saturated carbocycles. The van der Waals surface area contributed by atoms with E-state index in [-0.39, 0.29) is 0 Å². The van der Waals surface area contributed by atoms with Crippen LogP contribution >= 0.6 is 0 Å². The number of hydrogen-bond acceptors (Lipinski definition) is 2. The van der Waals surface area contributed by atoms with Gasteiger partial charge in [-0.2, -0.15) is 0 Å². The molecule has 0 radical (unpaired) electrons. The van der Waals surface area contributed by atoms with Crippen LogP contribution in [0.2, 0.25) is 0 Å². The predicted octanol–water partition coefficient (Wildman–Crippen LogP) is 7.51. The monoisotopic (exact) mass is 393 g/mol. The summed E-state index contributed by atoms with van der Waals surface area (Å²) < 4.78 is 5.90. The highest BCUT2D eigenvalue weighted by atomic mass is 16.5. The van der Waals surface area contributed by atoms with Crippen molar-refractivity contribution in [1.29, 1.82) is 0 Å². The molecule has 2 heteroatoms. The molecule has 1 aromatic carbocycles. The molecule has 3 rings (SSSR count). The standard InChI is InChI=1S/C25H33NO.C2H6/c1-6-9-19(10-7-2)24-23-20(13-17(4)14-22(23)27-5)11-12-21-15-18(8-3)16-26-25(21)24;1-2/h8,13-16,19,24H,3,6-7,9-12H2,1-2,4-5H3;1-2H3. The number of nitrogens with zero attached hydrogens (tertiary/aromatic N) is 1. The van der Waals surface area contributed by atoms with Gasteiger partial charge in [-0.25, -0.2) is 0 Å². The first-order valence-electron chi connectivity index (χ1n) is 11.4. The molecule has 0 spiro atoms. The summed E-state index contributed by atoms with van der Waals surface area (Å²) >= 11 is 0. The van der Waals surface area contributed by atoms with Crippen LogP contribution in [0.1, 0.15) is 92.8 Å². The lowest BCUT2D eigenvalue weighted by Gasteiger charge is -2.30. The van der Waals surface area contributed by atoms with Gasteiger partial charge in [0.2, 0.25) is 0 Å². The van der Waals surface area contributed by atoms with E-state index in [1.807, 2.05) is 26.1 Å². The molecule has 1 atom stereocenters. The number of aryl methyl sites for hydroxylation is 3. The van der Waals surface area contributed by atoms with E-state index in [9.17, 15) is 0 Å². The highest BCUT2D eigenvalue weighted by Crippen LogP contribution is 2.46. The molecule has 1 aliphatic rings. The first-order valence-corrected chi connectivity index (χ1v) is 11.4. The Kier molecular flexibility index (Phi) is 8.95. The van der Waals surface area contributed by atoms with Crippen LogP contribution in [-0.2, 0) is 12.8 Å².